The number of nitro groups is 1. The molecule has 1 N–H and O–H groups in total. The second kappa shape index (κ2) is 9.05. The molecule has 0 atom stereocenters. The summed E-state index contributed by atoms with van der Waals surface area (Å²) in [6.45, 7) is 2.46. The molecule has 31 heavy (non-hydrogen) atoms. The van der Waals surface area contributed by atoms with Gasteiger partial charge in [-0.1, -0.05) is 12.1 Å². The Morgan fingerprint density at radius 3 is 2.42 bits per heavy atom. The smallest absolute Gasteiger partial charge is 0.272 e. The number of likely N-dealkylation sites (tertiary alicyclic amines) is 1. The lowest BCUT2D eigenvalue weighted by Gasteiger charge is -2.32. The first-order valence-electron chi connectivity index (χ1n) is 10.1. The largest absolute Gasteiger partial charge is 0.348 e. The molecule has 1 aliphatic rings. The molecule has 1 saturated heterocycles. The quantitative estimate of drug-likeness (QED) is 0.485. The minimum absolute atomic E-state index is 0.000331. The number of nitro benzene ring substituents is 1. The van der Waals surface area contributed by atoms with Gasteiger partial charge in [0.25, 0.3) is 11.6 Å². The number of aromatic nitrogens is 2. The maximum absolute atomic E-state index is 13.0. The zero-order chi connectivity index (χ0) is 21.8. The SMILES string of the molecule is O=C(NC1CCN(Cc2ccc(F)cc2)CC1)c1ccn(-c2ccc([N+](=O)[O-])cc2)n1. The Morgan fingerprint density at radius 1 is 1.10 bits per heavy atom. The highest BCUT2D eigenvalue weighted by molar-refractivity contribution is 5.92. The summed E-state index contributed by atoms with van der Waals surface area (Å²) in [5, 5.41) is 18.1. The van der Waals surface area contributed by atoms with E-state index in [4.69, 9.17) is 0 Å². The van der Waals surface area contributed by atoms with Crippen molar-refractivity contribution in [3.8, 4) is 5.69 Å². The lowest BCUT2D eigenvalue weighted by molar-refractivity contribution is -0.384. The monoisotopic (exact) mass is 423 g/mol. The molecule has 3 aromatic rings. The first-order chi connectivity index (χ1) is 15.0. The minimum Gasteiger partial charge on any atom is -0.348 e. The van der Waals surface area contributed by atoms with Gasteiger partial charge in [-0.15, -0.1) is 0 Å². The number of hydrogen-bond acceptors (Lipinski definition) is 5. The van der Waals surface area contributed by atoms with Gasteiger partial charge in [0.2, 0.25) is 0 Å². The van der Waals surface area contributed by atoms with Crippen LogP contribution in [-0.2, 0) is 6.54 Å². The van der Waals surface area contributed by atoms with Gasteiger partial charge in [-0.25, -0.2) is 9.07 Å². The van der Waals surface area contributed by atoms with Crippen LogP contribution in [0.3, 0.4) is 0 Å². The molecule has 2 heterocycles. The van der Waals surface area contributed by atoms with Crippen molar-refractivity contribution in [1.29, 1.82) is 0 Å². The molecular weight excluding hydrogens is 401 g/mol. The Kier molecular flexibility index (Phi) is 6.03. The fourth-order valence-electron chi connectivity index (χ4n) is 3.66. The number of rotatable bonds is 6. The maximum atomic E-state index is 13.0. The van der Waals surface area contributed by atoms with Crippen molar-refractivity contribution in [3.05, 3.63) is 88.0 Å². The minimum atomic E-state index is -0.462. The molecular formula is C22H22FN5O3. The third-order valence-electron chi connectivity index (χ3n) is 5.39. The maximum Gasteiger partial charge on any atom is 0.272 e. The normalized spacial score (nSPS) is 15.0. The summed E-state index contributed by atoms with van der Waals surface area (Å²) >= 11 is 0. The number of benzene rings is 2. The van der Waals surface area contributed by atoms with E-state index in [9.17, 15) is 19.3 Å². The Hall–Kier alpha value is -3.59. The number of carbonyl (C=O) groups is 1. The standard InChI is InChI=1S/C22H22FN5O3/c23-17-3-1-16(2-4-17)15-26-12-9-18(10-13-26)24-22(29)21-11-14-27(25-21)19-5-7-20(8-6-19)28(30)31/h1-8,11,14,18H,9-10,12-13,15H2,(H,24,29). The number of hydrogen-bond donors (Lipinski definition) is 1. The summed E-state index contributed by atoms with van der Waals surface area (Å²) in [5.41, 5.74) is 2.01. The number of non-ortho nitro benzene ring substituents is 1. The molecule has 1 amide bonds. The molecule has 160 valence electrons. The zero-order valence-electron chi connectivity index (χ0n) is 16.8. The molecule has 0 spiro atoms. The van der Waals surface area contributed by atoms with Crippen molar-refractivity contribution in [3.63, 3.8) is 0 Å². The second-order valence-electron chi connectivity index (χ2n) is 7.57. The van der Waals surface area contributed by atoms with Gasteiger partial charge < -0.3 is 5.32 Å². The van der Waals surface area contributed by atoms with E-state index in [2.05, 4.69) is 15.3 Å². The van der Waals surface area contributed by atoms with E-state index in [0.29, 0.717) is 11.4 Å². The summed E-state index contributed by atoms with van der Waals surface area (Å²) in [4.78, 5) is 25.2. The van der Waals surface area contributed by atoms with E-state index in [1.807, 2.05) is 0 Å². The second-order valence-corrected chi connectivity index (χ2v) is 7.57. The fraction of sp³-hybridized carbons (Fsp3) is 0.273. The van der Waals surface area contributed by atoms with Crippen LogP contribution in [0.15, 0.2) is 60.8 Å². The van der Waals surface area contributed by atoms with Crippen LogP contribution in [0.5, 0.6) is 0 Å². The Bertz CT molecular complexity index is 1060. The van der Waals surface area contributed by atoms with Crippen LogP contribution in [0.4, 0.5) is 10.1 Å². The molecule has 0 unspecified atom stereocenters. The van der Waals surface area contributed by atoms with Gasteiger partial charge in [0.15, 0.2) is 5.69 Å². The number of nitrogens with zero attached hydrogens (tertiary/aromatic N) is 4. The summed E-state index contributed by atoms with van der Waals surface area (Å²) < 4.78 is 14.6. The van der Waals surface area contributed by atoms with Crippen LogP contribution in [-0.4, -0.2) is 44.6 Å². The first kappa shape index (κ1) is 20.7. The highest BCUT2D eigenvalue weighted by Gasteiger charge is 2.22. The van der Waals surface area contributed by atoms with Crippen LogP contribution in [0.1, 0.15) is 28.9 Å². The lowest BCUT2D eigenvalue weighted by atomic mass is 10.0. The molecule has 2 aromatic carbocycles. The van der Waals surface area contributed by atoms with Gasteiger partial charge in [0.1, 0.15) is 5.82 Å². The molecule has 0 aliphatic carbocycles. The molecule has 1 aliphatic heterocycles. The average Bonchev–Trinajstić information content (AvgIpc) is 3.27. The fourth-order valence-corrected chi connectivity index (χ4v) is 3.66. The van der Waals surface area contributed by atoms with Crippen molar-refractivity contribution in [1.82, 2.24) is 20.0 Å². The molecule has 0 bridgehead atoms. The van der Waals surface area contributed by atoms with Gasteiger partial charge in [0.05, 0.1) is 10.6 Å². The number of carbonyl (C=O) groups excluding carboxylic acids is 1. The summed E-state index contributed by atoms with van der Waals surface area (Å²) in [5.74, 6) is -0.473. The van der Waals surface area contributed by atoms with E-state index in [1.165, 1.54) is 28.9 Å². The molecule has 9 heteroatoms. The Labute approximate surface area is 178 Å². The van der Waals surface area contributed by atoms with Gasteiger partial charge >= 0.3 is 0 Å². The van der Waals surface area contributed by atoms with Crippen molar-refractivity contribution in [2.75, 3.05) is 13.1 Å². The summed E-state index contributed by atoms with van der Waals surface area (Å²) in [6, 6.07) is 14.2. The number of halogens is 1. The topological polar surface area (TPSA) is 93.3 Å². The third-order valence-corrected chi connectivity index (χ3v) is 5.39. The third kappa shape index (κ3) is 5.13. The van der Waals surface area contributed by atoms with Crippen LogP contribution < -0.4 is 5.32 Å². The Morgan fingerprint density at radius 2 is 1.77 bits per heavy atom. The van der Waals surface area contributed by atoms with Gasteiger partial charge in [0, 0.05) is 44.0 Å². The summed E-state index contributed by atoms with van der Waals surface area (Å²) in [6.07, 6.45) is 3.31. The lowest BCUT2D eigenvalue weighted by Crippen LogP contribution is -2.44. The first-order valence-corrected chi connectivity index (χ1v) is 10.1. The van der Waals surface area contributed by atoms with Crippen molar-refractivity contribution < 1.29 is 14.1 Å². The van der Waals surface area contributed by atoms with E-state index in [-0.39, 0.29) is 23.5 Å². The van der Waals surface area contributed by atoms with E-state index in [0.717, 1.165) is 38.0 Å². The molecule has 4 rings (SSSR count). The van der Waals surface area contributed by atoms with Crippen molar-refractivity contribution >= 4 is 11.6 Å². The molecule has 0 radical (unpaired) electrons. The number of nitrogens with one attached hydrogen (secondary N) is 1. The van der Waals surface area contributed by atoms with Crippen LogP contribution in [0.2, 0.25) is 0 Å². The predicted octanol–water partition coefficient (Wildman–Crippen LogP) is 3.31. The average molecular weight is 423 g/mol. The molecule has 0 saturated carbocycles. The van der Waals surface area contributed by atoms with Gasteiger partial charge in [-0.3, -0.25) is 19.8 Å². The highest BCUT2D eigenvalue weighted by atomic mass is 19.1. The predicted molar refractivity (Wildman–Crippen MR) is 112 cm³/mol. The van der Waals surface area contributed by atoms with Crippen LogP contribution in [0.25, 0.3) is 5.69 Å². The Balaban J connectivity index is 1.29. The van der Waals surface area contributed by atoms with E-state index >= 15 is 0 Å². The molecule has 1 fully saturated rings. The molecule has 1 aromatic heterocycles. The summed E-state index contributed by atoms with van der Waals surface area (Å²) in [7, 11) is 0. The number of amides is 1. The van der Waals surface area contributed by atoms with E-state index < -0.39 is 4.92 Å². The molecule has 8 nitrogen and oxygen atoms in total. The zero-order valence-corrected chi connectivity index (χ0v) is 16.8. The van der Waals surface area contributed by atoms with Crippen molar-refractivity contribution in [2.24, 2.45) is 0 Å². The van der Waals surface area contributed by atoms with Crippen molar-refractivity contribution in [2.45, 2.75) is 25.4 Å². The van der Waals surface area contributed by atoms with Gasteiger partial charge in [-0.05, 0) is 48.7 Å². The van der Waals surface area contributed by atoms with E-state index in [1.54, 1.807) is 36.5 Å². The van der Waals surface area contributed by atoms with Crippen LogP contribution >= 0.6 is 0 Å². The van der Waals surface area contributed by atoms with Gasteiger partial charge in [-0.2, -0.15) is 5.10 Å². The highest BCUT2D eigenvalue weighted by Crippen LogP contribution is 2.17. The van der Waals surface area contributed by atoms with Crippen LogP contribution in [0, 0.1) is 15.9 Å². The number of piperidine rings is 1.